The van der Waals surface area contributed by atoms with Gasteiger partial charge in [0.25, 0.3) is 0 Å². The average Bonchev–Trinajstić information content (AvgIpc) is 3.55. The summed E-state index contributed by atoms with van der Waals surface area (Å²) < 4.78 is 6.89. The van der Waals surface area contributed by atoms with Crippen LogP contribution >= 0.6 is 0 Å². The zero-order valence-corrected chi connectivity index (χ0v) is 26.1. The molecule has 0 saturated heterocycles. The molecule has 1 heterocycles. The highest BCUT2D eigenvalue weighted by molar-refractivity contribution is 6.31. The topological polar surface area (TPSA) is 16.4 Å². The summed E-state index contributed by atoms with van der Waals surface area (Å²) in [7, 11) is 0. The van der Waals surface area contributed by atoms with Crippen molar-refractivity contribution in [3.05, 3.63) is 176 Å². The zero-order chi connectivity index (χ0) is 31.6. The van der Waals surface area contributed by atoms with Crippen molar-refractivity contribution in [3.8, 4) is 11.1 Å². The maximum absolute atomic E-state index is 6.89. The Bertz CT molecular complexity index is 2830. The van der Waals surface area contributed by atoms with Crippen LogP contribution < -0.4 is 4.90 Å². The molecule has 2 nitrogen and oxygen atoms in total. The van der Waals surface area contributed by atoms with Gasteiger partial charge in [-0.1, -0.05) is 146 Å². The van der Waals surface area contributed by atoms with Gasteiger partial charge < -0.3 is 9.32 Å². The van der Waals surface area contributed by atoms with Crippen molar-refractivity contribution in [2.75, 3.05) is 4.90 Å². The minimum atomic E-state index is 0.880. The molecule has 9 aromatic carbocycles. The SMILES string of the molecule is c1ccc(-c2cc3oc4c5ccccc5c5ccccc5c4c3cc2N(c2ccccc2)c2cc3ccccc3c3ccccc23)cc1. The highest BCUT2D eigenvalue weighted by Crippen LogP contribution is 2.49. The molecule has 1 aromatic heterocycles. The second-order valence-corrected chi connectivity index (χ2v) is 12.5. The van der Waals surface area contributed by atoms with Gasteiger partial charge >= 0.3 is 0 Å². The Morgan fingerprint density at radius 1 is 0.375 bits per heavy atom. The van der Waals surface area contributed by atoms with Crippen LogP contribution in [0.15, 0.2) is 180 Å². The van der Waals surface area contributed by atoms with Crippen LogP contribution in [0.5, 0.6) is 0 Å². The number of furan rings is 1. The molecule has 0 N–H and O–H groups in total. The van der Waals surface area contributed by atoms with Gasteiger partial charge in [0.1, 0.15) is 11.2 Å². The van der Waals surface area contributed by atoms with E-state index in [9.17, 15) is 0 Å². The van der Waals surface area contributed by atoms with Crippen molar-refractivity contribution in [2.24, 2.45) is 0 Å². The number of anilines is 3. The lowest BCUT2D eigenvalue weighted by molar-refractivity contribution is 0.673. The van der Waals surface area contributed by atoms with E-state index >= 15 is 0 Å². The fourth-order valence-electron chi connectivity index (χ4n) is 7.68. The summed E-state index contributed by atoms with van der Waals surface area (Å²) in [6, 6.07) is 63.2. The second-order valence-electron chi connectivity index (χ2n) is 12.5. The van der Waals surface area contributed by atoms with Crippen LogP contribution in [0.4, 0.5) is 17.1 Å². The van der Waals surface area contributed by atoms with Crippen LogP contribution in [-0.2, 0) is 0 Å². The van der Waals surface area contributed by atoms with E-state index in [1.165, 1.54) is 37.7 Å². The van der Waals surface area contributed by atoms with Crippen molar-refractivity contribution in [2.45, 2.75) is 0 Å². The van der Waals surface area contributed by atoms with Gasteiger partial charge in [-0.3, -0.25) is 0 Å². The Balaban J connectivity index is 1.39. The Kier molecular flexibility index (Phi) is 5.91. The van der Waals surface area contributed by atoms with Crippen LogP contribution in [0, 0.1) is 0 Å². The standard InChI is InChI=1S/C46H29NO/c1-3-15-30(16-4-1)40-29-44-41(45-38-25-13-10-22-35(38)36-23-11-14-26-39(36)46(45)48-44)28-43(40)47(32-18-5-2-6-19-32)42-27-31-17-7-8-20-33(31)34-21-9-12-24-37(34)42/h1-29H. The smallest absolute Gasteiger partial charge is 0.143 e. The first-order valence-corrected chi connectivity index (χ1v) is 16.4. The molecule has 0 unspecified atom stereocenters. The third-order valence-corrected chi connectivity index (χ3v) is 9.79. The summed E-state index contributed by atoms with van der Waals surface area (Å²) in [6.07, 6.45) is 0. The molecule has 0 atom stereocenters. The Labute approximate surface area is 277 Å². The number of hydrogen-bond acceptors (Lipinski definition) is 2. The van der Waals surface area contributed by atoms with Gasteiger partial charge in [-0.15, -0.1) is 0 Å². The average molecular weight is 612 g/mol. The summed E-state index contributed by atoms with van der Waals surface area (Å²) in [6.45, 7) is 0. The number of hydrogen-bond donors (Lipinski definition) is 0. The summed E-state index contributed by atoms with van der Waals surface area (Å²) >= 11 is 0. The van der Waals surface area contributed by atoms with Gasteiger partial charge in [0.05, 0.1) is 11.4 Å². The molecule has 10 aromatic rings. The van der Waals surface area contributed by atoms with Crippen LogP contribution in [-0.4, -0.2) is 0 Å². The number of fused-ring (bicyclic) bond motifs is 11. The molecular weight excluding hydrogens is 583 g/mol. The maximum atomic E-state index is 6.89. The molecular formula is C46H29NO. The molecule has 0 spiro atoms. The quantitative estimate of drug-likeness (QED) is 0.184. The van der Waals surface area contributed by atoms with E-state index in [0.717, 1.165) is 55.5 Å². The van der Waals surface area contributed by atoms with Gasteiger partial charge in [-0.05, 0) is 68.2 Å². The Hall–Kier alpha value is -6.38. The third kappa shape index (κ3) is 4.00. The normalized spacial score (nSPS) is 11.8. The lowest BCUT2D eigenvalue weighted by Crippen LogP contribution is -2.12. The Morgan fingerprint density at radius 3 is 1.65 bits per heavy atom. The van der Waals surface area contributed by atoms with Crippen molar-refractivity contribution in [3.63, 3.8) is 0 Å². The van der Waals surface area contributed by atoms with Crippen LogP contribution in [0.2, 0.25) is 0 Å². The van der Waals surface area contributed by atoms with E-state index in [1.807, 2.05) is 0 Å². The van der Waals surface area contributed by atoms with Gasteiger partial charge in [0.2, 0.25) is 0 Å². The van der Waals surface area contributed by atoms with Crippen molar-refractivity contribution in [1.82, 2.24) is 0 Å². The largest absolute Gasteiger partial charge is 0.455 e. The molecule has 0 bridgehead atoms. The van der Waals surface area contributed by atoms with E-state index in [4.69, 9.17) is 4.42 Å². The van der Waals surface area contributed by atoms with Crippen LogP contribution in [0.1, 0.15) is 0 Å². The Morgan fingerprint density at radius 2 is 0.917 bits per heavy atom. The predicted octanol–water partition coefficient (Wildman–Crippen LogP) is 13.3. The zero-order valence-electron chi connectivity index (χ0n) is 26.1. The summed E-state index contributed by atoms with van der Waals surface area (Å²) in [4.78, 5) is 2.44. The van der Waals surface area contributed by atoms with Crippen molar-refractivity contribution >= 4 is 82.1 Å². The van der Waals surface area contributed by atoms with Crippen LogP contribution in [0.3, 0.4) is 0 Å². The van der Waals surface area contributed by atoms with E-state index in [0.29, 0.717) is 0 Å². The molecule has 0 aliphatic carbocycles. The number of para-hydroxylation sites is 1. The minimum Gasteiger partial charge on any atom is -0.455 e. The summed E-state index contributed by atoms with van der Waals surface area (Å²) in [5.41, 5.74) is 7.38. The molecule has 0 fully saturated rings. The van der Waals surface area contributed by atoms with Crippen molar-refractivity contribution in [1.29, 1.82) is 0 Å². The molecule has 0 aliphatic rings. The van der Waals surface area contributed by atoms with Gasteiger partial charge in [-0.25, -0.2) is 0 Å². The van der Waals surface area contributed by atoms with Crippen molar-refractivity contribution < 1.29 is 4.42 Å². The minimum absolute atomic E-state index is 0.880. The number of benzene rings is 9. The molecule has 48 heavy (non-hydrogen) atoms. The number of nitrogens with zero attached hydrogens (tertiary/aromatic N) is 1. The first kappa shape index (κ1) is 26.8. The highest BCUT2D eigenvalue weighted by Gasteiger charge is 2.24. The molecule has 0 radical (unpaired) electrons. The number of rotatable bonds is 4. The summed E-state index contributed by atoms with van der Waals surface area (Å²) in [5, 5.41) is 11.9. The van der Waals surface area contributed by atoms with E-state index in [2.05, 4.69) is 181 Å². The lowest BCUT2D eigenvalue weighted by atomic mass is 9.94. The van der Waals surface area contributed by atoms with E-state index in [-0.39, 0.29) is 0 Å². The predicted molar refractivity (Wildman–Crippen MR) is 204 cm³/mol. The molecule has 2 heteroatoms. The van der Waals surface area contributed by atoms with Gasteiger partial charge in [0, 0.05) is 32.8 Å². The molecule has 0 amide bonds. The second kappa shape index (κ2) is 10.6. The molecule has 224 valence electrons. The molecule has 10 rings (SSSR count). The molecule has 0 saturated carbocycles. The van der Waals surface area contributed by atoms with Crippen LogP contribution in [0.25, 0.3) is 76.2 Å². The first-order chi connectivity index (χ1) is 23.8. The fourth-order valence-corrected chi connectivity index (χ4v) is 7.68. The first-order valence-electron chi connectivity index (χ1n) is 16.4. The molecule has 0 aliphatic heterocycles. The lowest BCUT2D eigenvalue weighted by Gasteiger charge is -2.29. The summed E-state index contributed by atoms with van der Waals surface area (Å²) in [5.74, 6) is 0. The fraction of sp³-hybridized carbons (Fsp3) is 0. The monoisotopic (exact) mass is 611 g/mol. The highest BCUT2D eigenvalue weighted by atomic mass is 16.3. The van der Waals surface area contributed by atoms with E-state index in [1.54, 1.807) is 0 Å². The van der Waals surface area contributed by atoms with Gasteiger partial charge in [0.15, 0.2) is 0 Å². The third-order valence-electron chi connectivity index (χ3n) is 9.79. The van der Waals surface area contributed by atoms with E-state index < -0.39 is 0 Å². The maximum Gasteiger partial charge on any atom is 0.143 e. The van der Waals surface area contributed by atoms with Gasteiger partial charge in [-0.2, -0.15) is 0 Å².